The Hall–Kier alpha value is -1.64. The molecule has 1 aliphatic carbocycles. The lowest BCUT2D eigenvalue weighted by molar-refractivity contribution is -0.120. The number of carbonyl (C=O) groups excluding carboxylic acids is 1. The van der Waals surface area contributed by atoms with Crippen LogP contribution in [0.1, 0.15) is 59.8 Å². The van der Waals surface area contributed by atoms with E-state index in [2.05, 4.69) is 15.5 Å². The van der Waals surface area contributed by atoms with Crippen molar-refractivity contribution in [3.05, 3.63) is 24.3 Å². The van der Waals surface area contributed by atoms with Crippen molar-refractivity contribution < 1.29 is 18.0 Å². The van der Waals surface area contributed by atoms with E-state index < -0.39 is 15.3 Å². The number of carbonyl (C=O) groups is 1. The van der Waals surface area contributed by atoms with Crippen molar-refractivity contribution >= 4 is 21.6 Å². The fourth-order valence-electron chi connectivity index (χ4n) is 3.11. The number of hydroxylamine groups is 1. The number of hydrogen-bond donors (Lipinski definition) is 3. The van der Waals surface area contributed by atoms with Gasteiger partial charge in [0, 0.05) is 29.8 Å². The number of nitrogens with one attached hydrogen (secondary N) is 3. The Bertz CT molecular complexity index is 744. The van der Waals surface area contributed by atoms with Crippen LogP contribution in [0.4, 0.5) is 5.69 Å². The van der Waals surface area contributed by atoms with E-state index in [0.29, 0.717) is 43.5 Å². The second-order valence-electron chi connectivity index (χ2n) is 7.82. The lowest BCUT2D eigenvalue weighted by Gasteiger charge is -2.29. The van der Waals surface area contributed by atoms with Gasteiger partial charge in [-0.05, 0) is 65.0 Å². The van der Waals surface area contributed by atoms with Gasteiger partial charge in [-0.15, -0.1) is 0 Å². The van der Waals surface area contributed by atoms with Crippen LogP contribution in [0.5, 0.6) is 5.75 Å². The Balaban J connectivity index is 1.85. The fraction of sp³-hybridized carbons (Fsp3) is 0.650. The monoisotopic (exact) mass is 411 g/mol. The van der Waals surface area contributed by atoms with Gasteiger partial charge in [0.1, 0.15) is 5.75 Å². The van der Waals surface area contributed by atoms with Gasteiger partial charge in [-0.1, -0.05) is 13.0 Å². The molecule has 0 aromatic heterocycles. The van der Waals surface area contributed by atoms with Crippen LogP contribution in [0.2, 0.25) is 0 Å². The van der Waals surface area contributed by atoms with Gasteiger partial charge in [-0.3, -0.25) is 4.79 Å². The molecule has 1 fully saturated rings. The van der Waals surface area contributed by atoms with Gasteiger partial charge in [0.15, 0.2) is 0 Å². The summed E-state index contributed by atoms with van der Waals surface area (Å²) in [5.74, 6) is 0.495. The predicted octanol–water partition coefficient (Wildman–Crippen LogP) is 3.19. The van der Waals surface area contributed by atoms with Crippen molar-refractivity contribution in [3.8, 4) is 5.75 Å². The van der Waals surface area contributed by atoms with Gasteiger partial charge in [-0.25, -0.2) is 13.1 Å². The molecule has 8 heteroatoms. The van der Waals surface area contributed by atoms with E-state index in [1.165, 1.54) is 0 Å². The first-order valence-electron chi connectivity index (χ1n) is 10.1. The molecule has 2 rings (SSSR count). The molecular formula is C20H33N3O4S. The van der Waals surface area contributed by atoms with Crippen molar-refractivity contribution in [2.75, 3.05) is 5.32 Å². The Kier molecular flexibility index (Phi) is 8.27. The van der Waals surface area contributed by atoms with Crippen LogP contribution in [-0.4, -0.2) is 31.7 Å². The lowest BCUT2D eigenvalue weighted by atomic mass is 9.86. The van der Waals surface area contributed by atoms with Crippen LogP contribution in [0.25, 0.3) is 0 Å². The average Bonchev–Trinajstić information content (AvgIpc) is 2.66. The van der Waals surface area contributed by atoms with E-state index in [-0.39, 0.29) is 23.9 Å². The highest BCUT2D eigenvalue weighted by Crippen LogP contribution is 2.27. The maximum Gasteiger partial charge on any atom is 0.227 e. The summed E-state index contributed by atoms with van der Waals surface area (Å²) in [4.78, 5) is 18.0. The molecule has 1 saturated carbocycles. The van der Waals surface area contributed by atoms with Crippen molar-refractivity contribution in [2.45, 2.75) is 77.1 Å². The highest BCUT2D eigenvalue weighted by atomic mass is 32.2. The third kappa shape index (κ3) is 6.76. The second-order valence-corrected chi connectivity index (χ2v) is 9.95. The highest BCUT2D eigenvalue weighted by Gasteiger charge is 2.30. The Labute approximate surface area is 168 Å². The number of rotatable bonds is 9. The Morgan fingerprint density at radius 1 is 1.18 bits per heavy atom. The first kappa shape index (κ1) is 22.6. The number of benzene rings is 1. The minimum absolute atomic E-state index is 0.0304. The van der Waals surface area contributed by atoms with E-state index in [1.807, 2.05) is 39.0 Å². The van der Waals surface area contributed by atoms with E-state index in [0.717, 1.165) is 0 Å². The van der Waals surface area contributed by atoms with Crippen LogP contribution in [0.3, 0.4) is 0 Å². The number of sulfonamides is 1. The predicted molar refractivity (Wildman–Crippen MR) is 112 cm³/mol. The zero-order valence-electron chi connectivity index (χ0n) is 17.2. The van der Waals surface area contributed by atoms with Gasteiger partial charge >= 0.3 is 0 Å². The highest BCUT2D eigenvalue weighted by molar-refractivity contribution is 7.90. The van der Waals surface area contributed by atoms with E-state index in [4.69, 9.17) is 4.84 Å². The Morgan fingerprint density at radius 3 is 2.46 bits per heavy atom. The van der Waals surface area contributed by atoms with E-state index >= 15 is 0 Å². The minimum atomic E-state index is -3.28. The topological polar surface area (TPSA) is 96.5 Å². The lowest BCUT2D eigenvalue weighted by Crippen LogP contribution is -2.42. The molecule has 0 radical (unpaired) electrons. The quantitative estimate of drug-likeness (QED) is 0.542. The molecule has 28 heavy (non-hydrogen) atoms. The molecule has 3 N–H and O–H groups in total. The molecule has 0 heterocycles. The van der Waals surface area contributed by atoms with Gasteiger partial charge in [0.2, 0.25) is 15.9 Å². The summed E-state index contributed by atoms with van der Waals surface area (Å²) in [5, 5.41) is 2.55. The van der Waals surface area contributed by atoms with Crippen LogP contribution >= 0.6 is 0 Å². The molecule has 0 bridgehead atoms. The van der Waals surface area contributed by atoms with Gasteiger partial charge in [-0.2, -0.15) is 5.48 Å². The SMILES string of the molecule is CCC(C)S(=O)(=O)NC1CCC(C(=O)Nc2cccc(ONC(C)C)c2)CC1. The number of amides is 1. The molecule has 1 aromatic rings. The third-order valence-electron chi connectivity index (χ3n) is 5.05. The molecule has 1 aliphatic rings. The molecule has 0 aliphatic heterocycles. The molecule has 0 spiro atoms. The fourth-order valence-corrected chi connectivity index (χ4v) is 4.48. The molecular weight excluding hydrogens is 378 g/mol. The summed E-state index contributed by atoms with van der Waals surface area (Å²) in [5.41, 5.74) is 3.56. The molecule has 1 atom stereocenters. The van der Waals surface area contributed by atoms with Gasteiger partial charge < -0.3 is 10.2 Å². The normalized spacial score (nSPS) is 21.3. The summed E-state index contributed by atoms with van der Waals surface area (Å²) >= 11 is 0. The van der Waals surface area contributed by atoms with Gasteiger partial charge in [0.05, 0.1) is 5.25 Å². The van der Waals surface area contributed by atoms with Crippen LogP contribution in [0.15, 0.2) is 24.3 Å². The molecule has 1 amide bonds. The molecule has 7 nitrogen and oxygen atoms in total. The van der Waals surface area contributed by atoms with Crippen LogP contribution in [-0.2, 0) is 14.8 Å². The smallest absolute Gasteiger partial charge is 0.227 e. The van der Waals surface area contributed by atoms with E-state index in [1.54, 1.807) is 13.0 Å². The summed E-state index contributed by atoms with van der Waals surface area (Å²) in [6, 6.07) is 7.35. The van der Waals surface area contributed by atoms with Crippen molar-refractivity contribution in [3.63, 3.8) is 0 Å². The average molecular weight is 412 g/mol. The summed E-state index contributed by atoms with van der Waals surface area (Å²) < 4.78 is 27.2. The first-order chi connectivity index (χ1) is 13.2. The summed E-state index contributed by atoms with van der Waals surface area (Å²) in [7, 11) is -3.28. The zero-order chi connectivity index (χ0) is 20.7. The standard InChI is InChI=1S/C20H33N3O4S/c1-5-15(4)28(25,26)23-17-11-9-16(10-12-17)20(24)21-18-7-6-8-19(13-18)27-22-14(2)3/h6-8,13-17,22-23H,5,9-12H2,1-4H3,(H,21,24). The van der Waals surface area contributed by atoms with Gasteiger partial charge in [0.25, 0.3) is 0 Å². The second kappa shape index (κ2) is 10.2. The maximum absolute atomic E-state index is 12.6. The van der Waals surface area contributed by atoms with E-state index in [9.17, 15) is 13.2 Å². The third-order valence-corrected chi connectivity index (χ3v) is 7.10. The molecule has 1 aromatic carbocycles. The summed E-state index contributed by atoms with van der Waals surface area (Å²) in [6.45, 7) is 7.54. The zero-order valence-corrected chi connectivity index (χ0v) is 18.0. The van der Waals surface area contributed by atoms with Crippen LogP contribution in [0, 0.1) is 5.92 Å². The van der Waals surface area contributed by atoms with Crippen LogP contribution < -0.4 is 20.4 Å². The van der Waals surface area contributed by atoms with Crippen molar-refractivity contribution in [1.82, 2.24) is 10.2 Å². The maximum atomic E-state index is 12.6. The van der Waals surface area contributed by atoms with Crippen molar-refractivity contribution in [2.24, 2.45) is 5.92 Å². The molecule has 0 saturated heterocycles. The molecule has 158 valence electrons. The minimum Gasteiger partial charge on any atom is -0.408 e. The number of anilines is 1. The largest absolute Gasteiger partial charge is 0.408 e. The van der Waals surface area contributed by atoms with Crippen molar-refractivity contribution in [1.29, 1.82) is 0 Å². The molecule has 1 unspecified atom stereocenters. The summed E-state index contributed by atoms with van der Waals surface area (Å²) in [6.07, 6.45) is 3.28. The number of hydrogen-bond acceptors (Lipinski definition) is 5. The first-order valence-corrected chi connectivity index (χ1v) is 11.6. The Morgan fingerprint density at radius 2 is 1.86 bits per heavy atom.